The molecule has 0 aliphatic rings. The van der Waals surface area contributed by atoms with Crippen LogP contribution < -0.4 is 0 Å². The summed E-state index contributed by atoms with van der Waals surface area (Å²) in [5.41, 5.74) is 0. The molecule has 0 saturated carbocycles. The normalized spacial score (nSPS) is 12.9. The third-order valence-electron chi connectivity index (χ3n) is 18.4. The molecule has 0 aromatic heterocycles. The van der Waals surface area contributed by atoms with Crippen molar-refractivity contribution in [2.45, 2.75) is 418 Å². The van der Waals surface area contributed by atoms with E-state index in [-0.39, 0.29) is 25.2 Å². The van der Waals surface area contributed by atoms with Crippen LogP contribution in [0.1, 0.15) is 412 Å². The molecule has 0 spiro atoms. The molecule has 0 aromatic rings. The van der Waals surface area contributed by atoms with Gasteiger partial charge >= 0.3 is 11.9 Å². The van der Waals surface area contributed by atoms with Crippen molar-refractivity contribution in [3.05, 3.63) is 134 Å². The molecule has 5 heteroatoms. The fraction of sp³-hybridized carbons (Fsp3) is 0.736. The molecule has 0 bridgehead atoms. The van der Waals surface area contributed by atoms with Gasteiger partial charge in [-0.1, -0.05) is 417 Å². The summed E-state index contributed by atoms with van der Waals surface area (Å²) < 4.78 is 10.8. The van der Waals surface area contributed by atoms with Crippen LogP contribution in [0.15, 0.2) is 134 Å². The zero-order valence-corrected chi connectivity index (χ0v) is 63.6. The molecule has 96 heavy (non-hydrogen) atoms. The highest BCUT2D eigenvalue weighted by Crippen LogP contribution is 2.19. The average molecular weight is 1330 g/mol. The van der Waals surface area contributed by atoms with E-state index in [1.807, 2.05) is 0 Å². The Balaban J connectivity index is 3.46. The maximum Gasteiger partial charge on any atom is 0.306 e. The van der Waals surface area contributed by atoms with Crippen LogP contribution in [0.5, 0.6) is 0 Å². The minimum Gasteiger partial charge on any atom is -0.462 e. The molecule has 1 atom stereocenters. The zero-order chi connectivity index (χ0) is 69.0. The van der Waals surface area contributed by atoms with Gasteiger partial charge in [-0.25, -0.2) is 0 Å². The van der Waals surface area contributed by atoms with Gasteiger partial charge in [0.15, 0.2) is 6.10 Å². The summed E-state index contributed by atoms with van der Waals surface area (Å²) in [6, 6.07) is 0. The number of rotatable bonds is 77. The molecule has 0 radical (unpaired) electrons. The predicted octanol–water partition coefficient (Wildman–Crippen LogP) is 29.8. The highest BCUT2D eigenvalue weighted by molar-refractivity contribution is 5.70. The first-order valence-corrected chi connectivity index (χ1v) is 41.7. The van der Waals surface area contributed by atoms with E-state index in [1.165, 1.54) is 283 Å². The van der Waals surface area contributed by atoms with E-state index in [0.29, 0.717) is 12.8 Å². The van der Waals surface area contributed by atoms with E-state index in [4.69, 9.17) is 9.47 Å². The summed E-state index contributed by atoms with van der Waals surface area (Å²) in [5.74, 6) is -0.584. The monoisotopic (exact) mass is 1330 g/mol. The number of allylic oxidation sites excluding steroid dienone is 22. The number of ether oxygens (including phenoxy) is 2. The van der Waals surface area contributed by atoms with E-state index >= 15 is 0 Å². The second-order valence-corrected chi connectivity index (χ2v) is 27.8. The maximum absolute atomic E-state index is 12.4. The van der Waals surface area contributed by atoms with Gasteiger partial charge in [0, 0.05) is 12.8 Å². The Morgan fingerprint density at radius 1 is 0.250 bits per heavy atom. The SMILES string of the molecule is CC/C=C\C/C=C\C/C=C\C/C=C\C/C=C\C/C=C\C/C=C\C/C=C\C/C=C\C/C=C\CCCCCCCCCCCCC(=O)OC(CO)COC(=O)CCCCCCCCCCCCCCCCCCCCCCCCCCCCCCC/C=C\CCCCCCCCCC. The summed E-state index contributed by atoms with van der Waals surface area (Å²) >= 11 is 0. The number of hydrogen-bond donors (Lipinski definition) is 1. The van der Waals surface area contributed by atoms with Gasteiger partial charge in [0.1, 0.15) is 6.61 Å². The lowest BCUT2D eigenvalue weighted by Crippen LogP contribution is -2.28. The van der Waals surface area contributed by atoms with Crippen LogP contribution in [0.25, 0.3) is 0 Å². The largest absolute Gasteiger partial charge is 0.462 e. The predicted molar refractivity (Wildman–Crippen MR) is 426 cm³/mol. The van der Waals surface area contributed by atoms with Crippen molar-refractivity contribution in [2.75, 3.05) is 13.2 Å². The summed E-state index contributed by atoms with van der Waals surface area (Å²) in [7, 11) is 0. The Hall–Kier alpha value is -3.96. The van der Waals surface area contributed by atoms with Crippen LogP contribution >= 0.6 is 0 Å². The molecule has 0 aliphatic carbocycles. The minimum atomic E-state index is -0.783. The third-order valence-corrected chi connectivity index (χ3v) is 18.4. The number of hydrogen-bond acceptors (Lipinski definition) is 5. The van der Waals surface area contributed by atoms with Crippen molar-refractivity contribution >= 4 is 11.9 Å². The van der Waals surface area contributed by atoms with Crippen molar-refractivity contribution < 1.29 is 24.2 Å². The first-order valence-electron chi connectivity index (χ1n) is 41.7. The lowest BCUT2D eigenvalue weighted by molar-refractivity contribution is -0.161. The Labute approximate surface area is 597 Å². The molecule has 0 aromatic carbocycles. The number of aliphatic hydroxyl groups is 1. The van der Waals surface area contributed by atoms with Crippen LogP contribution in [0.4, 0.5) is 0 Å². The van der Waals surface area contributed by atoms with Gasteiger partial charge in [-0.3, -0.25) is 9.59 Å². The molecule has 0 heterocycles. The maximum atomic E-state index is 12.4. The molecular weight excluding hydrogens is 1170 g/mol. The van der Waals surface area contributed by atoms with E-state index < -0.39 is 6.10 Å². The number of carbonyl (C=O) groups is 2. The fourth-order valence-electron chi connectivity index (χ4n) is 12.2. The van der Waals surface area contributed by atoms with Crippen molar-refractivity contribution in [3.63, 3.8) is 0 Å². The number of aliphatic hydroxyl groups excluding tert-OH is 1. The second-order valence-electron chi connectivity index (χ2n) is 27.8. The Kier molecular flexibility index (Phi) is 81.7. The Morgan fingerprint density at radius 2 is 0.448 bits per heavy atom. The van der Waals surface area contributed by atoms with Gasteiger partial charge in [-0.15, -0.1) is 0 Å². The molecule has 5 nitrogen and oxygen atoms in total. The Bertz CT molecular complexity index is 1900. The highest BCUT2D eigenvalue weighted by Gasteiger charge is 2.16. The first-order chi connectivity index (χ1) is 47.6. The van der Waals surface area contributed by atoms with Gasteiger partial charge in [0.25, 0.3) is 0 Å². The molecule has 0 aliphatic heterocycles. The van der Waals surface area contributed by atoms with Crippen molar-refractivity contribution in [2.24, 2.45) is 0 Å². The van der Waals surface area contributed by atoms with Gasteiger partial charge in [0.05, 0.1) is 6.61 Å². The molecule has 1 unspecified atom stereocenters. The molecule has 0 fully saturated rings. The molecule has 0 rings (SSSR count). The van der Waals surface area contributed by atoms with Gasteiger partial charge in [-0.05, 0) is 116 Å². The Morgan fingerprint density at radius 3 is 0.688 bits per heavy atom. The van der Waals surface area contributed by atoms with Gasteiger partial charge in [-0.2, -0.15) is 0 Å². The summed E-state index contributed by atoms with van der Waals surface area (Å²) in [6.07, 6.45) is 127. The van der Waals surface area contributed by atoms with Crippen LogP contribution in [0.2, 0.25) is 0 Å². The summed E-state index contributed by atoms with van der Waals surface area (Å²) in [5, 5.41) is 9.74. The van der Waals surface area contributed by atoms with Gasteiger partial charge in [0.2, 0.25) is 0 Å². The van der Waals surface area contributed by atoms with Gasteiger partial charge < -0.3 is 14.6 Å². The smallest absolute Gasteiger partial charge is 0.306 e. The summed E-state index contributed by atoms with van der Waals surface area (Å²) in [6.45, 7) is 4.06. The number of unbranched alkanes of at least 4 members (excludes halogenated alkanes) is 47. The standard InChI is InChI=1S/C91H158O5/c1-3-5-7-9-11-13-15-17-19-21-23-25-27-29-31-33-35-37-39-41-43-45-47-49-51-53-55-57-59-61-63-65-67-69-71-73-75-77-79-81-83-85-90(93)95-88-89(87-92)96-91(94)86-84-82-80-78-76-74-72-70-68-66-64-62-60-58-56-54-52-50-48-46-44-42-40-38-36-34-32-30-28-26-24-22-20-18-16-14-12-10-8-6-4-2/h6,8,12,14,18,20-21,23-24,26,30,32,36,38,42,44,48,50,54,56,60,62,89,92H,3-5,7,9-11,13,15-17,19,22,25,27-29,31,33-35,37,39-41,43,45-47,49,51-53,55,57-59,61,63-88H2,1-2H3/b8-6-,14-12-,20-18-,23-21-,26-24-,32-30-,38-36-,44-42-,50-48-,56-54-,62-60-. The number of esters is 2. The molecular formula is C91H158O5. The van der Waals surface area contributed by atoms with Crippen LogP contribution in [0.3, 0.4) is 0 Å². The minimum absolute atomic E-state index is 0.0693. The number of carbonyl (C=O) groups excluding carboxylic acids is 2. The lowest BCUT2D eigenvalue weighted by Gasteiger charge is -2.15. The van der Waals surface area contributed by atoms with Crippen molar-refractivity contribution in [1.29, 1.82) is 0 Å². The average Bonchev–Trinajstić information content (AvgIpc) is 3.79. The quantitative estimate of drug-likeness (QED) is 0.0373. The van der Waals surface area contributed by atoms with Crippen molar-refractivity contribution in [3.8, 4) is 0 Å². The van der Waals surface area contributed by atoms with Crippen LogP contribution in [0, 0.1) is 0 Å². The van der Waals surface area contributed by atoms with E-state index in [9.17, 15) is 14.7 Å². The van der Waals surface area contributed by atoms with E-state index in [1.54, 1.807) is 0 Å². The van der Waals surface area contributed by atoms with E-state index in [2.05, 4.69) is 148 Å². The van der Waals surface area contributed by atoms with Crippen LogP contribution in [-0.2, 0) is 19.1 Å². The fourth-order valence-corrected chi connectivity index (χ4v) is 12.2. The summed E-state index contributed by atoms with van der Waals surface area (Å²) in [4.78, 5) is 24.7. The highest BCUT2D eigenvalue weighted by atomic mass is 16.6. The second kappa shape index (κ2) is 85.3. The molecule has 552 valence electrons. The van der Waals surface area contributed by atoms with Crippen molar-refractivity contribution in [1.82, 2.24) is 0 Å². The lowest BCUT2D eigenvalue weighted by atomic mass is 10.0. The topological polar surface area (TPSA) is 72.8 Å². The molecule has 0 amide bonds. The molecule has 1 N–H and O–H groups in total. The zero-order valence-electron chi connectivity index (χ0n) is 63.6. The molecule has 0 saturated heterocycles. The van der Waals surface area contributed by atoms with E-state index in [0.717, 1.165) is 103 Å². The van der Waals surface area contributed by atoms with Crippen LogP contribution in [-0.4, -0.2) is 36.4 Å². The third kappa shape index (κ3) is 82.5. The first kappa shape index (κ1) is 92.0.